The van der Waals surface area contributed by atoms with Crippen LogP contribution in [0, 0.1) is 5.82 Å². The average Bonchev–Trinajstić information content (AvgIpc) is 3.00. The molecule has 2 aromatic carbocycles. The molecule has 1 aliphatic heterocycles. The molecule has 1 heterocycles. The van der Waals surface area contributed by atoms with Crippen molar-refractivity contribution in [2.75, 3.05) is 26.9 Å². The van der Waals surface area contributed by atoms with Gasteiger partial charge >= 0.3 is 0 Å². The van der Waals surface area contributed by atoms with Crippen LogP contribution in [-0.4, -0.2) is 48.6 Å². The Hall–Kier alpha value is -3.19. The molecular weight excluding hydrogens is 389 g/mol. The van der Waals surface area contributed by atoms with Crippen molar-refractivity contribution < 1.29 is 28.6 Å². The van der Waals surface area contributed by atoms with Crippen LogP contribution in [0.1, 0.15) is 30.5 Å². The number of carbonyl (C=O) groups is 2. The smallest absolute Gasteiger partial charge is 0.295 e. The van der Waals surface area contributed by atoms with Crippen molar-refractivity contribution in [2.24, 2.45) is 0 Å². The number of nitrogens with zero attached hydrogens (tertiary/aromatic N) is 1. The van der Waals surface area contributed by atoms with Gasteiger partial charge in [-0.3, -0.25) is 9.59 Å². The lowest BCUT2D eigenvalue weighted by molar-refractivity contribution is -0.140. The monoisotopic (exact) mass is 413 g/mol. The first-order valence-electron chi connectivity index (χ1n) is 9.74. The van der Waals surface area contributed by atoms with E-state index in [9.17, 15) is 19.1 Å². The van der Waals surface area contributed by atoms with Gasteiger partial charge in [-0.1, -0.05) is 12.1 Å². The van der Waals surface area contributed by atoms with Gasteiger partial charge in [-0.15, -0.1) is 0 Å². The molecule has 1 amide bonds. The van der Waals surface area contributed by atoms with Crippen LogP contribution in [0.15, 0.2) is 54.1 Å². The number of halogens is 1. The summed E-state index contributed by atoms with van der Waals surface area (Å²) < 4.78 is 23.9. The van der Waals surface area contributed by atoms with Gasteiger partial charge in [0.2, 0.25) is 0 Å². The fourth-order valence-electron chi connectivity index (χ4n) is 3.51. The summed E-state index contributed by atoms with van der Waals surface area (Å²) in [5, 5.41) is 10.9. The summed E-state index contributed by atoms with van der Waals surface area (Å²) in [4.78, 5) is 27.0. The number of carbonyl (C=O) groups excluding carboxylic acids is 2. The van der Waals surface area contributed by atoms with Crippen LogP contribution >= 0.6 is 0 Å². The minimum absolute atomic E-state index is 0.0202. The first-order chi connectivity index (χ1) is 14.5. The molecule has 0 spiro atoms. The summed E-state index contributed by atoms with van der Waals surface area (Å²) in [6.07, 6.45) is 0.518. The molecule has 0 aliphatic carbocycles. The summed E-state index contributed by atoms with van der Waals surface area (Å²) in [6.45, 7) is 3.04. The van der Waals surface area contributed by atoms with E-state index in [0.717, 1.165) is 0 Å². The molecule has 2 aromatic rings. The highest BCUT2D eigenvalue weighted by Gasteiger charge is 2.45. The van der Waals surface area contributed by atoms with Gasteiger partial charge in [0.05, 0.1) is 18.2 Å². The summed E-state index contributed by atoms with van der Waals surface area (Å²) >= 11 is 0. The number of rotatable bonds is 8. The molecule has 3 rings (SSSR count). The minimum atomic E-state index is -0.811. The third kappa shape index (κ3) is 4.36. The van der Waals surface area contributed by atoms with Crippen LogP contribution in [0.4, 0.5) is 4.39 Å². The lowest BCUT2D eigenvalue weighted by Gasteiger charge is -2.25. The van der Waals surface area contributed by atoms with Gasteiger partial charge < -0.3 is 19.5 Å². The van der Waals surface area contributed by atoms with Crippen LogP contribution in [0.5, 0.6) is 5.75 Å². The molecule has 0 radical (unpaired) electrons. The van der Waals surface area contributed by atoms with Crippen LogP contribution in [0.3, 0.4) is 0 Å². The molecule has 1 N–H and O–H groups in total. The summed E-state index contributed by atoms with van der Waals surface area (Å²) in [5.41, 5.74) is 0.911. The van der Waals surface area contributed by atoms with Crippen LogP contribution < -0.4 is 4.74 Å². The Morgan fingerprint density at radius 1 is 1.10 bits per heavy atom. The Morgan fingerprint density at radius 2 is 1.77 bits per heavy atom. The quantitative estimate of drug-likeness (QED) is 0.309. The SMILES string of the molecule is CCOc1ccc(C(O)=C2C(=O)C(=O)N(CCCOC)C2c2ccc(F)cc2)cc1. The normalized spacial score (nSPS) is 18.1. The largest absolute Gasteiger partial charge is 0.507 e. The Balaban J connectivity index is 2.06. The number of ketones is 1. The summed E-state index contributed by atoms with van der Waals surface area (Å²) in [7, 11) is 1.55. The topological polar surface area (TPSA) is 76.1 Å². The molecule has 0 aromatic heterocycles. The van der Waals surface area contributed by atoms with Crippen molar-refractivity contribution in [2.45, 2.75) is 19.4 Å². The third-order valence-corrected chi connectivity index (χ3v) is 4.91. The molecular formula is C23H24FNO5. The van der Waals surface area contributed by atoms with Crippen LogP contribution in [0.2, 0.25) is 0 Å². The molecule has 1 fully saturated rings. The van der Waals surface area contributed by atoms with Gasteiger partial charge in [0.25, 0.3) is 11.7 Å². The van der Waals surface area contributed by atoms with Crippen LogP contribution in [0.25, 0.3) is 5.76 Å². The van der Waals surface area contributed by atoms with Crippen molar-refractivity contribution >= 4 is 17.4 Å². The number of likely N-dealkylation sites (tertiary alicyclic amines) is 1. The van der Waals surface area contributed by atoms with Crippen molar-refractivity contribution in [3.63, 3.8) is 0 Å². The molecule has 1 unspecified atom stereocenters. The average molecular weight is 413 g/mol. The number of hydrogen-bond acceptors (Lipinski definition) is 5. The number of Topliss-reactive ketones (excluding diaryl/α,β-unsaturated/α-hetero) is 1. The van der Waals surface area contributed by atoms with Crippen molar-refractivity contribution in [1.82, 2.24) is 4.90 Å². The number of hydrogen-bond donors (Lipinski definition) is 1. The first kappa shape index (κ1) is 21.5. The van der Waals surface area contributed by atoms with Gasteiger partial charge in [0.15, 0.2) is 0 Å². The molecule has 6 nitrogen and oxygen atoms in total. The Labute approximate surface area is 174 Å². The zero-order valence-corrected chi connectivity index (χ0v) is 16.9. The lowest BCUT2D eigenvalue weighted by Crippen LogP contribution is -2.31. The number of benzene rings is 2. The Morgan fingerprint density at radius 3 is 2.37 bits per heavy atom. The molecule has 1 saturated heterocycles. The van der Waals surface area contributed by atoms with E-state index in [4.69, 9.17) is 9.47 Å². The van der Waals surface area contributed by atoms with E-state index in [2.05, 4.69) is 0 Å². The van der Waals surface area contributed by atoms with Gasteiger partial charge in [0.1, 0.15) is 17.3 Å². The van der Waals surface area contributed by atoms with Gasteiger partial charge in [-0.2, -0.15) is 0 Å². The lowest BCUT2D eigenvalue weighted by atomic mass is 9.95. The second kappa shape index (κ2) is 9.54. The number of ether oxygens (including phenoxy) is 2. The fourth-order valence-corrected chi connectivity index (χ4v) is 3.51. The van der Waals surface area contributed by atoms with Crippen molar-refractivity contribution in [3.8, 4) is 5.75 Å². The number of aliphatic hydroxyl groups is 1. The fraction of sp³-hybridized carbons (Fsp3) is 0.304. The number of methoxy groups -OCH3 is 1. The zero-order chi connectivity index (χ0) is 21.7. The van der Waals surface area contributed by atoms with Crippen LogP contribution in [-0.2, 0) is 14.3 Å². The molecule has 30 heavy (non-hydrogen) atoms. The molecule has 0 saturated carbocycles. The zero-order valence-electron chi connectivity index (χ0n) is 16.9. The van der Waals surface area contributed by atoms with E-state index >= 15 is 0 Å². The number of aliphatic hydroxyl groups excluding tert-OH is 1. The maximum Gasteiger partial charge on any atom is 0.295 e. The molecule has 158 valence electrons. The van der Waals surface area contributed by atoms with E-state index in [1.165, 1.54) is 29.2 Å². The standard InChI is InChI=1S/C23H24FNO5/c1-3-30-18-11-7-16(8-12-18)21(26)19-20(15-5-9-17(24)10-6-15)25(13-4-14-29-2)23(28)22(19)27/h5-12,20,26H,3-4,13-14H2,1-2H3. The molecule has 0 bridgehead atoms. The molecule has 1 atom stereocenters. The van der Waals surface area contributed by atoms with Gasteiger partial charge in [-0.25, -0.2) is 4.39 Å². The summed E-state index contributed by atoms with van der Waals surface area (Å²) in [5.74, 6) is -1.55. The van der Waals surface area contributed by atoms with Gasteiger partial charge in [0, 0.05) is 25.8 Å². The van der Waals surface area contributed by atoms with E-state index in [-0.39, 0.29) is 17.9 Å². The van der Waals surface area contributed by atoms with Gasteiger partial charge in [-0.05, 0) is 55.3 Å². The second-order valence-electron chi connectivity index (χ2n) is 6.85. The molecule has 7 heteroatoms. The highest BCUT2D eigenvalue weighted by atomic mass is 19.1. The first-order valence-corrected chi connectivity index (χ1v) is 9.74. The Kier molecular flexibility index (Phi) is 6.84. The predicted octanol–water partition coefficient (Wildman–Crippen LogP) is 3.68. The van der Waals surface area contributed by atoms with E-state index in [1.54, 1.807) is 31.4 Å². The highest BCUT2D eigenvalue weighted by Crippen LogP contribution is 2.39. The predicted molar refractivity (Wildman–Crippen MR) is 110 cm³/mol. The maximum absolute atomic E-state index is 13.5. The van der Waals surface area contributed by atoms with Crippen molar-refractivity contribution in [1.29, 1.82) is 0 Å². The number of amides is 1. The maximum atomic E-state index is 13.5. The van der Waals surface area contributed by atoms with E-state index in [0.29, 0.717) is 36.5 Å². The Bertz CT molecular complexity index is 937. The van der Waals surface area contributed by atoms with E-state index in [1.807, 2.05) is 6.92 Å². The summed E-state index contributed by atoms with van der Waals surface area (Å²) in [6, 6.07) is 11.4. The highest BCUT2D eigenvalue weighted by molar-refractivity contribution is 6.46. The second-order valence-corrected chi connectivity index (χ2v) is 6.85. The van der Waals surface area contributed by atoms with Crippen molar-refractivity contribution in [3.05, 3.63) is 71.0 Å². The molecule has 1 aliphatic rings. The minimum Gasteiger partial charge on any atom is -0.507 e. The third-order valence-electron chi connectivity index (χ3n) is 4.91. The van der Waals surface area contributed by atoms with E-state index < -0.39 is 23.5 Å².